The third kappa shape index (κ3) is 4.01. The second kappa shape index (κ2) is 6.63. The van der Waals surface area contributed by atoms with Gasteiger partial charge in [0.1, 0.15) is 5.75 Å². The molecular weight excluding hydrogens is 244 g/mol. The molecule has 0 saturated carbocycles. The highest BCUT2D eigenvalue weighted by atomic mass is 16.6. The van der Waals surface area contributed by atoms with Gasteiger partial charge >= 0.3 is 0 Å². The van der Waals surface area contributed by atoms with Gasteiger partial charge in [0.15, 0.2) is 0 Å². The van der Waals surface area contributed by atoms with Gasteiger partial charge in [-0.2, -0.15) is 0 Å². The van der Waals surface area contributed by atoms with E-state index in [1.165, 1.54) is 0 Å². The van der Waals surface area contributed by atoms with E-state index in [1.807, 2.05) is 32.0 Å². The molecular formula is C14H22N2O3. The molecule has 0 bridgehead atoms. The van der Waals surface area contributed by atoms with Crippen molar-refractivity contribution in [2.45, 2.75) is 26.1 Å². The number of ether oxygens (including phenoxy) is 3. The zero-order chi connectivity index (χ0) is 13.7. The molecule has 5 nitrogen and oxygen atoms in total. The van der Waals surface area contributed by atoms with Crippen molar-refractivity contribution in [2.75, 3.05) is 37.4 Å². The van der Waals surface area contributed by atoms with Crippen LogP contribution >= 0.6 is 0 Å². The molecule has 1 fully saturated rings. The molecule has 3 N–H and O–H groups in total. The molecule has 1 atom stereocenters. The van der Waals surface area contributed by atoms with Crippen LogP contribution in [0.15, 0.2) is 18.2 Å². The monoisotopic (exact) mass is 266 g/mol. The van der Waals surface area contributed by atoms with Gasteiger partial charge in [-0.15, -0.1) is 0 Å². The van der Waals surface area contributed by atoms with Crippen molar-refractivity contribution in [1.82, 2.24) is 0 Å². The zero-order valence-electron chi connectivity index (χ0n) is 11.5. The van der Waals surface area contributed by atoms with E-state index in [4.69, 9.17) is 19.9 Å². The van der Waals surface area contributed by atoms with Crippen LogP contribution in [0.5, 0.6) is 5.75 Å². The van der Waals surface area contributed by atoms with Crippen molar-refractivity contribution >= 4 is 11.4 Å². The van der Waals surface area contributed by atoms with Crippen LogP contribution in [0, 0.1) is 0 Å². The zero-order valence-corrected chi connectivity index (χ0v) is 11.5. The minimum absolute atomic E-state index is 0.0721. The highest BCUT2D eigenvalue weighted by Crippen LogP contribution is 2.30. The molecule has 0 amide bonds. The Kier molecular flexibility index (Phi) is 4.87. The van der Waals surface area contributed by atoms with Crippen LogP contribution in [0.4, 0.5) is 11.4 Å². The summed E-state index contributed by atoms with van der Waals surface area (Å²) in [5, 5.41) is 3.29. The van der Waals surface area contributed by atoms with Crippen molar-refractivity contribution in [3.05, 3.63) is 18.2 Å². The molecule has 0 aromatic heterocycles. The van der Waals surface area contributed by atoms with Crippen LogP contribution in [0.2, 0.25) is 0 Å². The largest absolute Gasteiger partial charge is 0.489 e. The molecule has 1 aromatic carbocycles. The summed E-state index contributed by atoms with van der Waals surface area (Å²) < 4.78 is 16.6. The topological polar surface area (TPSA) is 65.7 Å². The highest BCUT2D eigenvalue weighted by molar-refractivity contribution is 5.72. The smallest absolute Gasteiger partial charge is 0.144 e. The Bertz CT molecular complexity index is 404. The standard InChI is InChI=1S/C14H22N2O3/c1-10(2)19-13-5-3-4-12(14(13)15)16-8-11-9-17-6-7-18-11/h3-5,10-11,16H,6-9,15H2,1-2H3. The summed E-state index contributed by atoms with van der Waals surface area (Å²) in [5.41, 5.74) is 7.59. The molecule has 1 heterocycles. The van der Waals surface area contributed by atoms with E-state index in [0.29, 0.717) is 37.8 Å². The lowest BCUT2D eigenvalue weighted by atomic mass is 10.2. The summed E-state index contributed by atoms with van der Waals surface area (Å²) in [5.74, 6) is 0.709. The number of hydrogen-bond donors (Lipinski definition) is 2. The van der Waals surface area contributed by atoms with E-state index in [-0.39, 0.29) is 12.2 Å². The quantitative estimate of drug-likeness (QED) is 0.797. The first-order valence-corrected chi connectivity index (χ1v) is 6.65. The molecule has 0 spiro atoms. The Hall–Kier alpha value is -1.46. The van der Waals surface area contributed by atoms with Gasteiger partial charge in [-0.3, -0.25) is 0 Å². The Morgan fingerprint density at radius 2 is 2.26 bits per heavy atom. The molecule has 106 valence electrons. The maximum Gasteiger partial charge on any atom is 0.144 e. The first-order chi connectivity index (χ1) is 9.16. The number of benzene rings is 1. The lowest BCUT2D eigenvalue weighted by molar-refractivity contribution is -0.0818. The lowest BCUT2D eigenvalue weighted by Gasteiger charge is -2.24. The Morgan fingerprint density at radius 1 is 1.42 bits per heavy atom. The fourth-order valence-corrected chi connectivity index (χ4v) is 1.93. The number of nitrogen functional groups attached to an aromatic ring is 1. The molecule has 1 aliphatic heterocycles. The Morgan fingerprint density at radius 3 is 2.95 bits per heavy atom. The van der Waals surface area contributed by atoms with E-state index in [0.717, 1.165) is 5.69 Å². The maximum absolute atomic E-state index is 6.09. The predicted octanol–water partition coefficient (Wildman–Crippen LogP) is 1.88. The lowest BCUT2D eigenvalue weighted by Crippen LogP contribution is -2.34. The van der Waals surface area contributed by atoms with Crippen LogP contribution in [-0.2, 0) is 9.47 Å². The van der Waals surface area contributed by atoms with Gasteiger partial charge in [-0.25, -0.2) is 0 Å². The van der Waals surface area contributed by atoms with Gasteiger partial charge in [0.25, 0.3) is 0 Å². The van der Waals surface area contributed by atoms with Crippen LogP contribution in [0.25, 0.3) is 0 Å². The first kappa shape index (κ1) is 14.0. The Balaban J connectivity index is 1.95. The average Bonchev–Trinajstić information content (AvgIpc) is 2.40. The van der Waals surface area contributed by atoms with Crippen molar-refractivity contribution in [3.8, 4) is 5.75 Å². The molecule has 0 aliphatic carbocycles. The first-order valence-electron chi connectivity index (χ1n) is 6.65. The summed E-state index contributed by atoms with van der Waals surface area (Å²) in [6.45, 7) is 6.58. The minimum Gasteiger partial charge on any atom is -0.489 e. The van der Waals surface area contributed by atoms with Crippen molar-refractivity contribution < 1.29 is 14.2 Å². The summed E-state index contributed by atoms with van der Waals surface area (Å²) in [7, 11) is 0. The van der Waals surface area contributed by atoms with E-state index >= 15 is 0 Å². The number of hydrogen-bond acceptors (Lipinski definition) is 5. The second-order valence-corrected chi connectivity index (χ2v) is 4.83. The van der Waals surface area contributed by atoms with Gasteiger partial charge in [0, 0.05) is 6.54 Å². The average molecular weight is 266 g/mol. The Labute approximate surface area is 114 Å². The molecule has 2 rings (SSSR count). The SMILES string of the molecule is CC(C)Oc1cccc(NCC2COCCO2)c1N. The van der Waals surface area contributed by atoms with E-state index in [1.54, 1.807) is 0 Å². The minimum atomic E-state index is 0.0721. The van der Waals surface area contributed by atoms with Crippen molar-refractivity contribution in [3.63, 3.8) is 0 Å². The van der Waals surface area contributed by atoms with Gasteiger partial charge in [-0.05, 0) is 26.0 Å². The molecule has 1 aromatic rings. The molecule has 1 unspecified atom stereocenters. The van der Waals surface area contributed by atoms with Gasteiger partial charge in [-0.1, -0.05) is 6.07 Å². The van der Waals surface area contributed by atoms with Crippen LogP contribution in [-0.4, -0.2) is 38.6 Å². The van der Waals surface area contributed by atoms with Crippen molar-refractivity contribution in [2.24, 2.45) is 0 Å². The third-order valence-electron chi connectivity index (χ3n) is 2.83. The fourth-order valence-electron chi connectivity index (χ4n) is 1.93. The van der Waals surface area contributed by atoms with Gasteiger partial charge < -0.3 is 25.3 Å². The number of para-hydroxylation sites is 1. The number of anilines is 2. The summed E-state index contributed by atoms with van der Waals surface area (Å²) in [6, 6.07) is 5.74. The van der Waals surface area contributed by atoms with E-state index in [2.05, 4.69) is 5.32 Å². The summed E-state index contributed by atoms with van der Waals surface area (Å²) in [6.07, 6.45) is 0.176. The molecule has 19 heavy (non-hydrogen) atoms. The predicted molar refractivity (Wildman–Crippen MR) is 75.7 cm³/mol. The van der Waals surface area contributed by atoms with Gasteiger partial charge in [0.2, 0.25) is 0 Å². The second-order valence-electron chi connectivity index (χ2n) is 4.83. The number of nitrogens with two attached hydrogens (primary N) is 1. The van der Waals surface area contributed by atoms with Crippen molar-refractivity contribution in [1.29, 1.82) is 0 Å². The van der Waals surface area contributed by atoms with Crippen LogP contribution < -0.4 is 15.8 Å². The molecule has 0 radical (unpaired) electrons. The third-order valence-corrected chi connectivity index (χ3v) is 2.83. The van der Waals surface area contributed by atoms with Gasteiger partial charge in [0.05, 0.1) is 43.4 Å². The fraction of sp³-hybridized carbons (Fsp3) is 0.571. The maximum atomic E-state index is 6.09. The number of rotatable bonds is 5. The van der Waals surface area contributed by atoms with E-state index < -0.39 is 0 Å². The molecule has 1 aliphatic rings. The van der Waals surface area contributed by atoms with E-state index in [9.17, 15) is 0 Å². The normalized spacial score (nSPS) is 19.4. The van der Waals surface area contributed by atoms with Crippen LogP contribution in [0.1, 0.15) is 13.8 Å². The summed E-state index contributed by atoms with van der Waals surface area (Å²) >= 11 is 0. The summed E-state index contributed by atoms with van der Waals surface area (Å²) in [4.78, 5) is 0. The van der Waals surface area contributed by atoms with Crippen LogP contribution in [0.3, 0.4) is 0 Å². The highest BCUT2D eigenvalue weighted by Gasteiger charge is 2.15. The molecule has 1 saturated heterocycles. The number of nitrogens with one attached hydrogen (secondary N) is 1. The molecule has 5 heteroatoms.